The van der Waals surface area contributed by atoms with Gasteiger partial charge in [0.2, 0.25) is 0 Å². The first-order valence-corrected chi connectivity index (χ1v) is 6.88. The van der Waals surface area contributed by atoms with Gasteiger partial charge in [-0.3, -0.25) is 0 Å². The Balaban J connectivity index is 2.42. The Bertz CT molecular complexity index is 434. The predicted molar refractivity (Wildman–Crippen MR) is 75.5 cm³/mol. The first-order chi connectivity index (χ1) is 8.65. The summed E-state index contributed by atoms with van der Waals surface area (Å²) in [6.07, 6.45) is 2.11. The summed E-state index contributed by atoms with van der Waals surface area (Å²) < 4.78 is 5.85. The van der Waals surface area contributed by atoms with Crippen LogP contribution in [-0.2, 0) is 0 Å². The van der Waals surface area contributed by atoms with Crippen molar-refractivity contribution in [1.29, 1.82) is 0 Å². The maximum Gasteiger partial charge on any atom is 0.124 e. The van der Waals surface area contributed by atoms with Gasteiger partial charge in [0.05, 0.1) is 6.61 Å². The zero-order valence-corrected chi connectivity index (χ0v) is 11.8. The number of nitrogens with two attached hydrogens (primary N) is 1. The van der Waals surface area contributed by atoms with Crippen LogP contribution in [0.15, 0.2) is 6.07 Å². The number of ether oxygens (including phenoxy) is 1. The molecule has 0 amide bonds. The van der Waals surface area contributed by atoms with Crippen LogP contribution >= 0.6 is 11.6 Å². The number of aryl methyl sites for hydroxylation is 1. The third-order valence-electron chi connectivity index (χ3n) is 3.47. The van der Waals surface area contributed by atoms with Gasteiger partial charge in [-0.1, -0.05) is 11.6 Å². The zero-order valence-electron chi connectivity index (χ0n) is 11.1. The van der Waals surface area contributed by atoms with E-state index in [0.29, 0.717) is 12.6 Å². The Morgan fingerprint density at radius 2 is 2.28 bits per heavy atom. The normalized spacial score (nSPS) is 19.0. The number of benzene rings is 1. The zero-order chi connectivity index (χ0) is 13.1. The molecule has 4 heteroatoms. The first kappa shape index (κ1) is 13.7. The van der Waals surface area contributed by atoms with Crippen LogP contribution in [0, 0.1) is 13.8 Å². The molecule has 0 fully saturated rings. The molecule has 1 aliphatic rings. The van der Waals surface area contributed by atoms with Gasteiger partial charge >= 0.3 is 0 Å². The van der Waals surface area contributed by atoms with E-state index in [1.54, 1.807) is 0 Å². The largest absolute Gasteiger partial charge is 0.493 e. The molecule has 1 aromatic rings. The molecule has 1 unspecified atom stereocenters. The van der Waals surface area contributed by atoms with Crippen LogP contribution in [0.5, 0.6) is 5.75 Å². The predicted octanol–water partition coefficient (Wildman–Crippen LogP) is 2.72. The molecule has 0 saturated carbocycles. The van der Waals surface area contributed by atoms with Crippen LogP contribution in [0.3, 0.4) is 0 Å². The maximum atomic E-state index is 6.36. The Kier molecular flexibility index (Phi) is 4.49. The van der Waals surface area contributed by atoms with E-state index < -0.39 is 0 Å². The van der Waals surface area contributed by atoms with Crippen molar-refractivity contribution < 1.29 is 4.74 Å². The molecule has 1 aliphatic heterocycles. The molecule has 0 saturated heterocycles. The van der Waals surface area contributed by atoms with Gasteiger partial charge in [-0.25, -0.2) is 0 Å². The lowest BCUT2D eigenvalue weighted by atomic mass is 9.95. The van der Waals surface area contributed by atoms with Crippen molar-refractivity contribution in [3.05, 3.63) is 27.8 Å². The molecule has 0 radical (unpaired) electrons. The summed E-state index contributed by atoms with van der Waals surface area (Å²) in [7, 11) is 0. The fourth-order valence-electron chi connectivity index (χ4n) is 2.56. The molecule has 1 atom stereocenters. The van der Waals surface area contributed by atoms with Crippen LogP contribution in [0.4, 0.5) is 0 Å². The van der Waals surface area contributed by atoms with Crippen molar-refractivity contribution in [2.45, 2.75) is 32.7 Å². The lowest BCUT2D eigenvalue weighted by Gasteiger charge is -2.22. The maximum absolute atomic E-state index is 6.36. The van der Waals surface area contributed by atoms with Gasteiger partial charge in [-0.05, 0) is 43.9 Å². The molecule has 2 rings (SSSR count). The molecule has 1 heterocycles. The summed E-state index contributed by atoms with van der Waals surface area (Å²) in [5.41, 5.74) is 8.99. The minimum absolute atomic E-state index is 0.296. The van der Waals surface area contributed by atoms with Crippen LogP contribution in [0.25, 0.3) is 0 Å². The van der Waals surface area contributed by atoms with E-state index in [1.807, 2.05) is 13.0 Å². The Morgan fingerprint density at radius 1 is 1.50 bits per heavy atom. The highest BCUT2D eigenvalue weighted by Crippen LogP contribution is 2.38. The molecule has 18 heavy (non-hydrogen) atoms. The van der Waals surface area contributed by atoms with Gasteiger partial charge in [0.1, 0.15) is 5.75 Å². The number of rotatable bonds is 3. The minimum atomic E-state index is 0.296. The van der Waals surface area contributed by atoms with Crippen molar-refractivity contribution >= 4 is 11.6 Å². The number of hydrogen-bond donors (Lipinski definition) is 2. The highest BCUT2D eigenvalue weighted by atomic mass is 35.5. The van der Waals surface area contributed by atoms with E-state index in [4.69, 9.17) is 22.1 Å². The number of halogens is 1. The fraction of sp³-hybridized carbons (Fsp3) is 0.571. The number of hydrogen-bond acceptors (Lipinski definition) is 3. The lowest BCUT2D eigenvalue weighted by molar-refractivity contribution is 0.315. The summed E-state index contributed by atoms with van der Waals surface area (Å²) in [5.74, 6) is 0.974. The molecular formula is C14H21ClN2O. The summed E-state index contributed by atoms with van der Waals surface area (Å²) in [6.45, 7) is 6.32. The van der Waals surface area contributed by atoms with E-state index in [9.17, 15) is 0 Å². The second-order valence-electron chi connectivity index (χ2n) is 4.83. The standard InChI is InChI=1S/C14H21ClN2O/c1-9-8-12-13(10(2)14(9)15)11(17-6-5-16)4-3-7-18-12/h8,11,17H,3-7,16H2,1-2H3. The third kappa shape index (κ3) is 2.63. The minimum Gasteiger partial charge on any atom is -0.493 e. The summed E-state index contributed by atoms with van der Waals surface area (Å²) in [4.78, 5) is 0. The Morgan fingerprint density at radius 3 is 3.00 bits per heavy atom. The van der Waals surface area contributed by atoms with Gasteiger partial charge in [0, 0.05) is 29.7 Å². The molecule has 3 nitrogen and oxygen atoms in total. The summed E-state index contributed by atoms with van der Waals surface area (Å²) >= 11 is 6.36. The van der Waals surface area contributed by atoms with E-state index in [1.165, 1.54) is 5.56 Å². The molecule has 0 bridgehead atoms. The van der Waals surface area contributed by atoms with Crippen molar-refractivity contribution in [1.82, 2.24) is 5.32 Å². The van der Waals surface area contributed by atoms with Gasteiger partial charge in [-0.15, -0.1) is 0 Å². The van der Waals surface area contributed by atoms with E-state index in [0.717, 1.165) is 47.9 Å². The number of fused-ring (bicyclic) bond motifs is 1. The summed E-state index contributed by atoms with van der Waals surface area (Å²) in [5, 5.41) is 4.34. The smallest absolute Gasteiger partial charge is 0.124 e. The molecule has 100 valence electrons. The van der Waals surface area contributed by atoms with E-state index >= 15 is 0 Å². The van der Waals surface area contributed by atoms with Crippen molar-refractivity contribution in [3.63, 3.8) is 0 Å². The van der Waals surface area contributed by atoms with Gasteiger partial charge in [-0.2, -0.15) is 0 Å². The van der Waals surface area contributed by atoms with Crippen LogP contribution in [0.2, 0.25) is 5.02 Å². The first-order valence-electron chi connectivity index (χ1n) is 6.51. The second kappa shape index (κ2) is 5.91. The van der Waals surface area contributed by atoms with E-state index in [2.05, 4.69) is 12.2 Å². The highest BCUT2D eigenvalue weighted by molar-refractivity contribution is 6.32. The topological polar surface area (TPSA) is 47.3 Å². The van der Waals surface area contributed by atoms with E-state index in [-0.39, 0.29) is 0 Å². The molecular weight excluding hydrogens is 248 g/mol. The highest BCUT2D eigenvalue weighted by Gasteiger charge is 2.23. The molecule has 1 aromatic carbocycles. The lowest BCUT2D eigenvalue weighted by Crippen LogP contribution is -2.27. The average molecular weight is 269 g/mol. The summed E-state index contributed by atoms with van der Waals surface area (Å²) in [6, 6.07) is 2.34. The monoisotopic (exact) mass is 268 g/mol. The van der Waals surface area contributed by atoms with Crippen molar-refractivity contribution in [2.24, 2.45) is 5.73 Å². The molecule has 0 spiro atoms. The van der Waals surface area contributed by atoms with Gasteiger partial charge in [0.25, 0.3) is 0 Å². The van der Waals surface area contributed by atoms with Crippen molar-refractivity contribution in [2.75, 3.05) is 19.7 Å². The Labute approximate surface area is 114 Å². The Hall–Kier alpha value is -0.770. The SMILES string of the molecule is Cc1cc2c(c(C)c1Cl)C(NCCN)CCCO2. The van der Waals surface area contributed by atoms with Gasteiger partial charge in [0.15, 0.2) is 0 Å². The molecule has 0 aromatic heterocycles. The molecule has 3 N–H and O–H groups in total. The van der Waals surface area contributed by atoms with Crippen LogP contribution < -0.4 is 15.8 Å². The second-order valence-corrected chi connectivity index (χ2v) is 5.21. The van der Waals surface area contributed by atoms with Crippen molar-refractivity contribution in [3.8, 4) is 5.75 Å². The molecule has 0 aliphatic carbocycles. The van der Waals surface area contributed by atoms with Crippen LogP contribution in [-0.4, -0.2) is 19.7 Å². The third-order valence-corrected chi connectivity index (χ3v) is 4.05. The number of nitrogens with one attached hydrogen (secondary N) is 1. The van der Waals surface area contributed by atoms with Crippen LogP contribution in [0.1, 0.15) is 35.6 Å². The average Bonchev–Trinajstić information content (AvgIpc) is 2.56. The quantitative estimate of drug-likeness (QED) is 0.886. The fourth-order valence-corrected chi connectivity index (χ4v) is 2.72. The van der Waals surface area contributed by atoms with Gasteiger partial charge < -0.3 is 15.8 Å².